The monoisotopic (exact) mass is 690 g/mol. The second-order valence-electron chi connectivity index (χ2n) is 14.3. The lowest BCUT2D eigenvalue weighted by molar-refractivity contribution is 0.916. The molecular formula is C50H51BN2. The second-order valence-corrected chi connectivity index (χ2v) is 14.3. The van der Waals surface area contributed by atoms with E-state index in [1.807, 2.05) is 13.8 Å². The molecule has 53 heavy (non-hydrogen) atoms. The first-order valence-electron chi connectivity index (χ1n) is 19.3. The highest BCUT2D eigenvalue weighted by molar-refractivity contribution is 6.99. The van der Waals surface area contributed by atoms with Crippen LogP contribution in [0.25, 0.3) is 16.7 Å². The van der Waals surface area contributed by atoms with Gasteiger partial charge in [0.05, 0.1) is 0 Å². The number of para-hydroxylation sites is 1. The lowest BCUT2D eigenvalue weighted by atomic mass is 9.34. The van der Waals surface area contributed by atoms with Crippen LogP contribution in [0.2, 0.25) is 0 Å². The lowest BCUT2D eigenvalue weighted by Gasteiger charge is -2.41. The van der Waals surface area contributed by atoms with E-state index in [9.17, 15) is 0 Å². The molecule has 2 aliphatic rings. The summed E-state index contributed by atoms with van der Waals surface area (Å²) < 4.78 is 0. The van der Waals surface area contributed by atoms with E-state index < -0.39 is 0 Å². The Morgan fingerprint density at radius 2 is 1.36 bits per heavy atom. The average molecular weight is 691 g/mol. The van der Waals surface area contributed by atoms with Crippen LogP contribution in [0.5, 0.6) is 0 Å². The van der Waals surface area contributed by atoms with Crippen LogP contribution in [0.1, 0.15) is 67.3 Å². The van der Waals surface area contributed by atoms with E-state index in [-0.39, 0.29) is 12.6 Å². The summed E-state index contributed by atoms with van der Waals surface area (Å²) in [5, 5.41) is 0. The van der Waals surface area contributed by atoms with Crippen molar-refractivity contribution in [3.8, 4) is 11.1 Å². The van der Waals surface area contributed by atoms with Gasteiger partial charge in [0.25, 0.3) is 0 Å². The van der Waals surface area contributed by atoms with Gasteiger partial charge in [-0.15, -0.1) is 0 Å². The largest absolute Gasteiger partial charge is 0.378 e. The SMILES string of the molecule is CC.CC(c1ccccc1)c1cccc2c1N(C)c1c(C3=CC=CCC3)cc(-c3ccccc3)c(N(C)C)c1B2c1cccc(Cc2ccccc2)c1. The van der Waals surface area contributed by atoms with Gasteiger partial charge in [0.15, 0.2) is 0 Å². The number of anilines is 3. The van der Waals surface area contributed by atoms with E-state index >= 15 is 0 Å². The predicted molar refractivity (Wildman–Crippen MR) is 233 cm³/mol. The molecule has 264 valence electrons. The Morgan fingerprint density at radius 1 is 0.698 bits per heavy atom. The number of hydrogen-bond donors (Lipinski definition) is 0. The number of rotatable bonds is 8. The number of fused-ring (bicyclic) bond motifs is 2. The van der Waals surface area contributed by atoms with Crippen LogP contribution in [0.15, 0.2) is 158 Å². The van der Waals surface area contributed by atoms with E-state index in [1.54, 1.807) is 0 Å². The third-order valence-electron chi connectivity index (χ3n) is 10.9. The molecule has 0 saturated heterocycles. The first kappa shape index (κ1) is 35.8. The Kier molecular flexibility index (Phi) is 10.8. The van der Waals surface area contributed by atoms with Crippen LogP contribution in [-0.4, -0.2) is 27.9 Å². The topological polar surface area (TPSA) is 6.48 Å². The maximum absolute atomic E-state index is 2.54. The molecule has 3 heteroatoms. The van der Waals surface area contributed by atoms with E-state index in [0.29, 0.717) is 0 Å². The van der Waals surface area contributed by atoms with Crippen molar-refractivity contribution in [3.63, 3.8) is 0 Å². The van der Waals surface area contributed by atoms with E-state index in [1.165, 1.54) is 78.0 Å². The van der Waals surface area contributed by atoms with Crippen LogP contribution in [0.3, 0.4) is 0 Å². The third kappa shape index (κ3) is 7.01. The summed E-state index contributed by atoms with van der Waals surface area (Å²) in [4.78, 5) is 4.90. The summed E-state index contributed by atoms with van der Waals surface area (Å²) >= 11 is 0. The van der Waals surface area contributed by atoms with Crippen molar-refractivity contribution in [3.05, 3.63) is 186 Å². The van der Waals surface area contributed by atoms with Gasteiger partial charge in [-0.05, 0) is 69.6 Å². The average Bonchev–Trinajstić information content (AvgIpc) is 3.22. The molecule has 0 spiro atoms. The molecule has 6 aromatic carbocycles. The quantitative estimate of drug-likeness (QED) is 0.147. The molecule has 1 aliphatic heterocycles. The fourth-order valence-electron chi connectivity index (χ4n) is 8.51. The zero-order chi connectivity index (χ0) is 36.9. The predicted octanol–water partition coefficient (Wildman–Crippen LogP) is 10.5. The van der Waals surface area contributed by atoms with Crippen LogP contribution < -0.4 is 26.2 Å². The molecule has 1 heterocycles. The Morgan fingerprint density at radius 3 is 2.04 bits per heavy atom. The first-order valence-corrected chi connectivity index (χ1v) is 19.3. The van der Waals surface area contributed by atoms with Gasteiger partial charge in [0, 0.05) is 55.2 Å². The van der Waals surface area contributed by atoms with Gasteiger partial charge in [-0.1, -0.05) is 178 Å². The maximum atomic E-state index is 2.54. The third-order valence-corrected chi connectivity index (χ3v) is 10.9. The van der Waals surface area contributed by atoms with Gasteiger partial charge in [0.1, 0.15) is 0 Å². The van der Waals surface area contributed by atoms with Gasteiger partial charge < -0.3 is 9.80 Å². The fourth-order valence-corrected chi connectivity index (χ4v) is 8.51. The van der Waals surface area contributed by atoms with Crippen LogP contribution >= 0.6 is 0 Å². The van der Waals surface area contributed by atoms with Gasteiger partial charge in [-0.2, -0.15) is 0 Å². The van der Waals surface area contributed by atoms with Gasteiger partial charge in [-0.25, -0.2) is 0 Å². The Balaban J connectivity index is 0.00000214. The molecule has 1 unspecified atom stereocenters. The van der Waals surface area contributed by atoms with Crippen molar-refractivity contribution in [1.82, 2.24) is 0 Å². The summed E-state index contributed by atoms with van der Waals surface area (Å²) in [6.45, 7) is 6.40. The van der Waals surface area contributed by atoms with Gasteiger partial charge in [-0.3, -0.25) is 0 Å². The lowest BCUT2D eigenvalue weighted by Crippen LogP contribution is -2.59. The van der Waals surface area contributed by atoms with Crippen molar-refractivity contribution in [2.45, 2.75) is 46.0 Å². The van der Waals surface area contributed by atoms with Crippen molar-refractivity contribution < 1.29 is 0 Å². The van der Waals surface area contributed by atoms with E-state index in [4.69, 9.17) is 0 Å². The smallest absolute Gasteiger partial charge is 0.249 e. The molecule has 0 N–H and O–H groups in total. The molecule has 0 aromatic heterocycles. The number of nitrogens with zero attached hydrogens (tertiary/aromatic N) is 2. The Bertz CT molecular complexity index is 2240. The molecule has 2 nitrogen and oxygen atoms in total. The van der Waals surface area contributed by atoms with Crippen LogP contribution in [-0.2, 0) is 6.42 Å². The van der Waals surface area contributed by atoms with Crippen molar-refractivity contribution in [2.75, 3.05) is 30.9 Å². The van der Waals surface area contributed by atoms with Crippen molar-refractivity contribution in [2.24, 2.45) is 0 Å². The fraction of sp³-hybridized carbons (Fsp3) is 0.200. The number of allylic oxidation sites excluding steroid dienone is 4. The molecular weight excluding hydrogens is 639 g/mol. The zero-order valence-electron chi connectivity index (χ0n) is 32.2. The summed E-state index contributed by atoms with van der Waals surface area (Å²) in [6.07, 6.45) is 9.87. The molecule has 0 saturated carbocycles. The Hall–Kier alpha value is -5.54. The highest BCUT2D eigenvalue weighted by atomic mass is 15.1. The molecule has 0 amide bonds. The molecule has 0 bridgehead atoms. The summed E-state index contributed by atoms with van der Waals surface area (Å²) in [6, 6.07) is 51.7. The van der Waals surface area contributed by atoms with E-state index in [0.717, 1.165) is 19.3 Å². The first-order chi connectivity index (χ1) is 26.0. The molecule has 0 fully saturated rings. The second kappa shape index (κ2) is 16.0. The minimum Gasteiger partial charge on any atom is -0.378 e. The maximum Gasteiger partial charge on any atom is 0.249 e. The standard InChI is InChI=1S/C48H45BN2.C2H6/c1-34(37-22-11-6-12-23-37)41-29-18-30-44-46(41)51(4)48-43(39-26-15-8-16-27-39)33-42(38-24-13-7-14-25-38)47(50(2)3)45(48)49(44)40-28-17-21-36(32-40)31-35-19-9-5-10-20-35;1-2/h5-15,17-26,28-30,32-34H,16,27,31H2,1-4H3;1-2H3. The van der Waals surface area contributed by atoms with Crippen LogP contribution in [0.4, 0.5) is 17.1 Å². The highest BCUT2D eigenvalue weighted by Crippen LogP contribution is 2.45. The number of benzene rings is 6. The summed E-state index contributed by atoms with van der Waals surface area (Å²) in [7, 11) is 6.75. The summed E-state index contributed by atoms with van der Waals surface area (Å²) in [5.74, 6) is 0.229. The molecule has 1 atom stereocenters. The van der Waals surface area contributed by atoms with Crippen molar-refractivity contribution >= 4 is 45.7 Å². The Labute approximate surface area is 318 Å². The summed E-state index contributed by atoms with van der Waals surface area (Å²) in [5.41, 5.74) is 18.6. The van der Waals surface area contributed by atoms with Gasteiger partial charge >= 0.3 is 0 Å². The molecule has 0 radical (unpaired) electrons. The molecule has 8 rings (SSSR count). The molecule has 6 aromatic rings. The highest BCUT2D eigenvalue weighted by Gasteiger charge is 2.40. The van der Waals surface area contributed by atoms with Crippen molar-refractivity contribution in [1.29, 1.82) is 0 Å². The number of hydrogen-bond acceptors (Lipinski definition) is 2. The molecule has 1 aliphatic carbocycles. The zero-order valence-corrected chi connectivity index (χ0v) is 32.2. The van der Waals surface area contributed by atoms with Gasteiger partial charge in [0.2, 0.25) is 6.71 Å². The van der Waals surface area contributed by atoms with Crippen LogP contribution in [0, 0.1) is 0 Å². The normalized spacial score (nSPS) is 13.7. The minimum absolute atomic E-state index is 0.0318. The van der Waals surface area contributed by atoms with E-state index in [2.05, 4.69) is 196 Å². The minimum atomic E-state index is 0.0318.